The second kappa shape index (κ2) is 8.78. The zero-order valence-corrected chi connectivity index (χ0v) is 11.2. The van der Waals surface area contributed by atoms with E-state index in [2.05, 4.69) is 5.32 Å². The van der Waals surface area contributed by atoms with E-state index in [1.807, 2.05) is 0 Å². The maximum Gasteiger partial charge on any atom is 0.264 e. The van der Waals surface area contributed by atoms with Gasteiger partial charge in [-0.05, 0) is 32.2 Å². The zero-order valence-electron chi connectivity index (χ0n) is 10.4. The Morgan fingerprint density at radius 3 is 1.72 bits per heavy atom. The van der Waals surface area contributed by atoms with Gasteiger partial charge in [-0.1, -0.05) is 0 Å². The molecule has 0 heterocycles. The van der Waals surface area contributed by atoms with E-state index >= 15 is 0 Å². The van der Waals surface area contributed by atoms with Crippen molar-refractivity contribution in [2.75, 3.05) is 32.1 Å². The van der Waals surface area contributed by atoms with Crippen molar-refractivity contribution in [3.8, 4) is 0 Å². The predicted octanol–water partition coefficient (Wildman–Crippen LogP) is -1.26. The maximum atomic E-state index is 10.5. The summed E-state index contributed by atoms with van der Waals surface area (Å²) in [5.74, 6) is -0.340. The van der Waals surface area contributed by atoms with E-state index in [9.17, 15) is 8.42 Å². The van der Waals surface area contributed by atoms with Crippen molar-refractivity contribution in [2.24, 2.45) is 0 Å². The van der Waals surface area contributed by atoms with Crippen LogP contribution in [0.25, 0.3) is 0 Å². The summed E-state index contributed by atoms with van der Waals surface area (Å²) < 4.78 is 29.7. The molecular weight excluding hydrogens is 262 g/mol. The lowest BCUT2D eigenvalue weighted by atomic mass is 9.88. The highest BCUT2D eigenvalue weighted by Gasteiger charge is 2.27. The summed E-state index contributed by atoms with van der Waals surface area (Å²) in [5.41, 5.74) is -0.600. The van der Waals surface area contributed by atoms with Gasteiger partial charge in [-0.15, -0.1) is 0 Å². The highest BCUT2D eigenvalue weighted by molar-refractivity contribution is 7.85. The first-order chi connectivity index (χ1) is 8.39. The predicted molar refractivity (Wildman–Crippen MR) is 66.9 cm³/mol. The SMILES string of the molecule is O=S(=O)(O)CCCNC(CCO)(CCO)CCO. The lowest BCUT2D eigenvalue weighted by molar-refractivity contribution is 0.131. The van der Waals surface area contributed by atoms with E-state index in [1.54, 1.807) is 0 Å². The molecule has 0 radical (unpaired) electrons. The van der Waals surface area contributed by atoms with Gasteiger partial charge in [0.25, 0.3) is 10.1 Å². The second-order valence-electron chi connectivity index (χ2n) is 4.27. The van der Waals surface area contributed by atoms with Crippen LogP contribution in [0, 0.1) is 0 Å². The molecule has 0 aliphatic rings. The molecule has 8 heteroatoms. The molecule has 7 nitrogen and oxygen atoms in total. The lowest BCUT2D eigenvalue weighted by Gasteiger charge is -2.34. The van der Waals surface area contributed by atoms with E-state index < -0.39 is 15.7 Å². The summed E-state index contributed by atoms with van der Waals surface area (Å²) in [6.07, 6.45) is 1.31. The summed E-state index contributed by atoms with van der Waals surface area (Å²) in [6, 6.07) is 0. The van der Waals surface area contributed by atoms with Crippen LogP contribution in [0.3, 0.4) is 0 Å². The Labute approximate surface area is 108 Å². The Bertz CT molecular complexity index is 288. The fourth-order valence-corrected chi connectivity index (χ4v) is 2.40. The van der Waals surface area contributed by atoms with Crippen molar-refractivity contribution < 1.29 is 28.3 Å². The van der Waals surface area contributed by atoms with Crippen LogP contribution >= 0.6 is 0 Å². The van der Waals surface area contributed by atoms with Gasteiger partial charge in [-0.3, -0.25) is 4.55 Å². The van der Waals surface area contributed by atoms with E-state index in [1.165, 1.54) is 0 Å². The number of aliphatic hydroxyl groups excluding tert-OH is 3. The molecule has 0 atom stereocenters. The lowest BCUT2D eigenvalue weighted by Crippen LogP contribution is -2.48. The van der Waals surface area contributed by atoms with Crippen LogP contribution in [0.1, 0.15) is 25.7 Å². The van der Waals surface area contributed by atoms with Gasteiger partial charge < -0.3 is 20.6 Å². The third-order valence-electron chi connectivity index (χ3n) is 2.85. The van der Waals surface area contributed by atoms with E-state index in [4.69, 9.17) is 19.9 Å². The number of hydrogen-bond donors (Lipinski definition) is 5. The molecule has 0 amide bonds. The minimum atomic E-state index is -3.97. The van der Waals surface area contributed by atoms with Gasteiger partial charge in [0.1, 0.15) is 0 Å². The van der Waals surface area contributed by atoms with Crippen LogP contribution in [0.2, 0.25) is 0 Å². The van der Waals surface area contributed by atoms with Gasteiger partial charge in [-0.25, -0.2) is 0 Å². The Morgan fingerprint density at radius 1 is 0.944 bits per heavy atom. The molecule has 0 rings (SSSR count). The van der Waals surface area contributed by atoms with Crippen LogP contribution < -0.4 is 5.32 Å². The fraction of sp³-hybridized carbons (Fsp3) is 1.00. The molecular formula is C10H23NO6S. The Morgan fingerprint density at radius 2 is 1.39 bits per heavy atom. The average molecular weight is 285 g/mol. The monoisotopic (exact) mass is 285 g/mol. The molecule has 0 aliphatic carbocycles. The van der Waals surface area contributed by atoms with Crippen LogP contribution in [0.15, 0.2) is 0 Å². The minimum absolute atomic E-state index is 0.0920. The number of aliphatic hydroxyl groups is 3. The molecule has 18 heavy (non-hydrogen) atoms. The molecule has 0 spiro atoms. The van der Waals surface area contributed by atoms with Gasteiger partial charge in [0.2, 0.25) is 0 Å². The van der Waals surface area contributed by atoms with Crippen LogP contribution in [-0.4, -0.2) is 65.9 Å². The quantitative estimate of drug-likeness (QED) is 0.237. The summed E-state index contributed by atoms with van der Waals surface area (Å²) in [5, 5.41) is 30.1. The first-order valence-electron chi connectivity index (χ1n) is 5.92. The first-order valence-corrected chi connectivity index (χ1v) is 7.53. The average Bonchev–Trinajstić information content (AvgIpc) is 2.24. The molecule has 0 saturated heterocycles. The third-order valence-corrected chi connectivity index (χ3v) is 3.65. The normalized spacial score (nSPS) is 12.9. The van der Waals surface area contributed by atoms with Crippen molar-refractivity contribution >= 4 is 10.1 Å². The van der Waals surface area contributed by atoms with Crippen molar-refractivity contribution in [1.82, 2.24) is 5.32 Å². The summed E-state index contributed by atoms with van der Waals surface area (Å²) in [7, 11) is -3.97. The van der Waals surface area contributed by atoms with E-state index in [0.717, 1.165) is 0 Å². The second-order valence-corrected chi connectivity index (χ2v) is 5.84. The standard InChI is InChI=1S/C10H23NO6S/c12-6-2-10(3-7-13,4-8-14)11-5-1-9-18(15,16)17/h11-14H,1-9H2,(H,15,16,17). The molecule has 0 unspecified atom stereocenters. The molecule has 0 fully saturated rings. The largest absolute Gasteiger partial charge is 0.396 e. The number of nitrogens with one attached hydrogen (secondary N) is 1. The maximum absolute atomic E-state index is 10.5. The molecule has 0 aliphatic heterocycles. The number of rotatable bonds is 11. The fourth-order valence-electron chi connectivity index (χ4n) is 1.89. The van der Waals surface area contributed by atoms with Crippen molar-refractivity contribution in [1.29, 1.82) is 0 Å². The number of hydrogen-bond acceptors (Lipinski definition) is 6. The van der Waals surface area contributed by atoms with Crippen molar-refractivity contribution in [2.45, 2.75) is 31.2 Å². The van der Waals surface area contributed by atoms with Crippen molar-refractivity contribution in [3.63, 3.8) is 0 Å². The minimum Gasteiger partial charge on any atom is -0.396 e. The molecule has 0 aromatic carbocycles. The van der Waals surface area contributed by atoms with E-state index in [0.29, 0.717) is 25.8 Å². The van der Waals surface area contributed by atoms with Gasteiger partial charge in [0.15, 0.2) is 0 Å². The van der Waals surface area contributed by atoms with Gasteiger partial charge in [-0.2, -0.15) is 8.42 Å². The molecule has 5 N–H and O–H groups in total. The smallest absolute Gasteiger partial charge is 0.264 e. The van der Waals surface area contributed by atoms with Gasteiger partial charge in [0, 0.05) is 25.4 Å². The summed E-state index contributed by atoms with van der Waals surface area (Å²) in [6.45, 7) is 0.0433. The molecule has 0 aromatic rings. The van der Waals surface area contributed by atoms with Gasteiger partial charge >= 0.3 is 0 Å². The Balaban J connectivity index is 4.29. The molecule has 110 valence electrons. The van der Waals surface area contributed by atoms with E-state index in [-0.39, 0.29) is 32.0 Å². The molecule has 0 aromatic heterocycles. The summed E-state index contributed by atoms with van der Waals surface area (Å²) in [4.78, 5) is 0. The highest BCUT2D eigenvalue weighted by Crippen LogP contribution is 2.19. The first kappa shape index (κ1) is 17.8. The molecule has 0 saturated carbocycles. The van der Waals surface area contributed by atoms with Gasteiger partial charge in [0.05, 0.1) is 5.75 Å². The topological polar surface area (TPSA) is 127 Å². The Hall–Kier alpha value is -0.250. The molecule has 0 bridgehead atoms. The van der Waals surface area contributed by atoms with Crippen LogP contribution in [0.5, 0.6) is 0 Å². The third kappa shape index (κ3) is 7.96. The zero-order chi connectivity index (χ0) is 14.1. The highest BCUT2D eigenvalue weighted by atomic mass is 32.2. The van der Waals surface area contributed by atoms with Crippen molar-refractivity contribution in [3.05, 3.63) is 0 Å². The Kier molecular flexibility index (Phi) is 8.66. The van der Waals surface area contributed by atoms with Crippen LogP contribution in [0.4, 0.5) is 0 Å². The van der Waals surface area contributed by atoms with Crippen LogP contribution in [-0.2, 0) is 10.1 Å². The summed E-state index contributed by atoms with van der Waals surface area (Å²) >= 11 is 0.